The zero-order valence-electron chi connectivity index (χ0n) is 11.1. The van der Waals surface area contributed by atoms with Crippen LogP contribution in [0.25, 0.3) is 0 Å². The van der Waals surface area contributed by atoms with Crippen LogP contribution in [0.15, 0.2) is 22.8 Å². The molecule has 3 heteroatoms. The Balaban J connectivity index is 1.69. The Bertz CT molecular complexity index is 372. The normalized spacial score (nSPS) is 19.6. The molecule has 1 aromatic heterocycles. The van der Waals surface area contributed by atoms with E-state index in [1.807, 2.05) is 12.1 Å². The highest BCUT2D eigenvalue weighted by molar-refractivity contribution is 5.00. The van der Waals surface area contributed by atoms with Crippen LogP contribution in [0.3, 0.4) is 0 Å². The Kier molecular flexibility index (Phi) is 4.86. The summed E-state index contributed by atoms with van der Waals surface area (Å²) in [6, 6.07) is 5.05. The minimum atomic E-state index is 0.459. The van der Waals surface area contributed by atoms with Crippen LogP contribution in [-0.2, 0) is 6.42 Å². The van der Waals surface area contributed by atoms with Crippen LogP contribution in [-0.4, -0.2) is 36.6 Å². The van der Waals surface area contributed by atoms with E-state index in [2.05, 4.69) is 23.1 Å². The number of piperidine rings is 1. The first kappa shape index (κ1) is 13.2. The second-order valence-electron chi connectivity index (χ2n) is 5.11. The maximum atomic E-state index is 5.37. The van der Waals surface area contributed by atoms with Gasteiger partial charge in [-0.25, -0.2) is 0 Å². The average Bonchev–Trinajstić information content (AvgIpc) is 2.84. The summed E-state index contributed by atoms with van der Waals surface area (Å²) in [7, 11) is 0. The molecule has 1 unspecified atom stereocenters. The monoisotopic (exact) mass is 246 g/mol. The molecular weight excluding hydrogens is 224 g/mol. The first-order valence-electron chi connectivity index (χ1n) is 6.72. The van der Waals surface area contributed by atoms with Crippen LogP contribution in [0.4, 0.5) is 0 Å². The van der Waals surface area contributed by atoms with E-state index in [4.69, 9.17) is 10.8 Å². The zero-order valence-corrected chi connectivity index (χ0v) is 11.1. The predicted octanol–water partition coefficient (Wildman–Crippen LogP) is 1.90. The lowest BCUT2D eigenvalue weighted by Crippen LogP contribution is -2.46. The molecule has 2 rings (SSSR count). The van der Waals surface area contributed by atoms with Gasteiger partial charge in [-0.2, -0.15) is 0 Å². The molecule has 18 heavy (non-hydrogen) atoms. The van der Waals surface area contributed by atoms with Gasteiger partial charge < -0.3 is 9.73 Å². The average molecular weight is 246 g/mol. The van der Waals surface area contributed by atoms with E-state index in [0.29, 0.717) is 12.1 Å². The molecular formula is C15H22N2O. The van der Waals surface area contributed by atoms with Gasteiger partial charge in [-0.1, -0.05) is 5.92 Å². The molecule has 0 aliphatic carbocycles. The lowest BCUT2D eigenvalue weighted by molar-refractivity contribution is 0.210. The van der Waals surface area contributed by atoms with Crippen LogP contribution in [0.2, 0.25) is 0 Å². The number of nitrogens with zero attached hydrogens (tertiary/aromatic N) is 1. The molecule has 1 aliphatic rings. The maximum absolute atomic E-state index is 5.37. The van der Waals surface area contributed by atoms with Crippen molar-refractivity contribution in [1.29, 1.82) is 0 Å². The molecule has 0 amide bonds. The summed E-state index contributed by atoms with van der Waals surface area (Å²) < 4.78 is 5.37. The van der Waals surface area contributed by atoms with Crippen LogP contribution < -0.4 is 5.32 Å². The molecule has 0 aromatic carbocycles. The number of furan rings is 1. The molecule has 1 aliphatic heterocycles. The van der Waals surface area contributed by atoms with E-state index in [1.165, 1.54) is 12.8 Å². The zero-order chi connectivity index (χ0) is 12.8. The molecule has 0 spiro atoms. The van der Waals surface area contributed by atoms with Crippen molar-refractivity contribution in [2.75, 3.05) is 19.6 Å². The number of hydrogen-bond donors (Lipinski definition) is 1. The molecule has 3 nitrogen and oxygen atoms in total. The van der Waals surface area contributed by atoms with Crippen LogP contribution in [0, 0.1) is 12.3 Å². The molecule has 0 bridgehead atoms. The third-order valence-corrected chi connectivity index (χ3v) is 3.51. The van der Waals surface area contributed by atoms with Crippen LogP contribution >= 0.6 is 0 Å². The minimum Gasteiger partial charge on any atom is -0.469 e. The first-order valence-corrected chi connectivity index (χ1v) is 6.72. The third kappa shape index (κ3) is 3.90. The standard InChI is InChI=1S/C15H22N2O/c1-3-8-17-9-6-14(7-10-17)16-13(2)12-15-5-4-11-18-15/h1,4-5,11,13-14,16H,6-10,12H2,2H3. The van der Waals surface area contributed by atoms with Gasteiger partial charge in [0.15, 0.2) is 0 Å². The summed E-state index contributed by atoms with van der Waals surface area (Å²) >= 11 is 0. The van der Waals surface area contributed by atoms with Gasteiger partial charge in [0.05, 0.1) is 12.8 Å². The number of rotatable bonds is 5. The summed E-state index contributed by atoms with van der Waals surface area (Å²) in [4.78, 5) is 2.34. The highest BCUT2D eigenvalue weighted by Gasteiger charge is 2.19. The van der Waals surface area contributed by atoms with Gasteiger partial charge in [-0.3, -0.25) is 4.90 Å². The second kappa shape index (κ2) is 6.63. The Morgan fingerprint density at radius 2 is 2.33 bits per heavy atom. The predicted molar refractivity (Wildman–Crippen MR) is 73.3 cm³/mol. The molecule has 0 radical (unpaired) electrons. The smallest absolute Gasteiger partial charge is 0.105 e. The quantitative estimate of drug-likeness (QED) is 0.804. The topological polar surface area (TPSA) is 28.4 Å². The summed E-state index contributed by atoms with van der Waals surface area (Å²) in [5, 5.41) is 3.68. The Hall–Kier alpha value is -1.24. The SMILES string of the molecule is C#CCN1CCC(NC(C)Cc2ccco2)CC1. The van der Waals surface area contributed by atoms with Gasteiger partial charge in [0.1, 0.15) is 5.76 Å². The van der Waals surface area contributed by atoms with E-state index in [-0.39, 0.29) is 0 Å². The minimum absolute atomic E-state index is 0.459. The summed E-state index contributed by atoms with van der Waals surface area (Å²) in [5.74, 6) is 3.77. The van der Waals surface area contributed by atoms with Gasteiger partial charge in [-0.15, -0.1) is 6.42 Å². The lowest BCUT2D eigenvalue weighted by atomic mass is 10.0. The first-order chi connectivity index (χ1) is 8.78. The van der Waals surface area contributed by atoms with Crippen molar-refractivity contribution in [3.05, 3.63) is 24.2 Å². The highest BCUT2D eigenvalue weighted by atomic mass is 16.3. The largest absolute Gasteiger partial charge is 0.469 e. The van der Waals surface area contributed by atoms with Gasteiger partial charge in [-0.05, 0) is 31.9 Å². The van der Waals surface area contributed by atoms with Crippen molar-refractivity contribution < 1.29 is 4.42 Å². The molecule has 1 N–H and O–H groups in total. The van der Waals surface area contributed by atoms with E-state index in [9.17, 15) is 0 Å². The van der Waals surface area contributed by atoms with Crippen molar-refractivity contribution in [2.45, 2.75) is 38.3 Å². The van der Waals surface area contributed by atoms with Gasteiger partial charge in [0.25, 0.3) is 0 Å². The molecule has 1 saturated heterocycles. The van der Waals surface area contributed by atoms with Gasteiger partial charge in [0, 0.05) is 31.6 Å². The van der Waals surface area contributed by atoms with Crippen molar-refractivity contribution in [2.24, 2.45) is 0 Å². The Morgan fingerprint density at radius 3 is 2.94 bits per heavy atom. The van der Waals surface area contributed by atoms with Gasteiger partial charge >= 0.3 is 0 Å². The molecule has 98 valence electrons. The fraction of sp³-hybridized carbons (Fsp3) is 0.600. The molecule has 2 heterocycles. The number of terminal acetylenes is 1. The lowest BCUT2D eigenvalue weighted by Gasteiger charge is -2.32. The van der Waals surface area contributed by atoms with Crippen molar-refractivity contribution in [1.82, 2.24) is 10.2 Å². The molecule has 1 atom stereocenters. The van der Waals surface area contributed by atoms with E-state index >= 15 is 0 Å². The second-order valence-corrected chi connectivity index (χ2v) is 5.11. The maximum Gasteiger partial charge on any atom is 0.105 e. The van der Waals surface area contributed by atoms with Crippen molar-refractivity contribution in [3.8, 4) is 12.3 Å². The number of hydrogen-bond acceptors (Lipinski definition) is 3. The van der Waals surface area contributed by atoms with E-state index < -0.39 is 0 Å². The Morgan fingerprint density at radius 1 is 1.56 bits per heavy atom. The molecule has 1 aromatic rings. The summed E-state index contributed by atoms with van der Waals surface area (Å²) in [5.41, 5.74) is 0. The third-order valence-electron chi connectivity index (χ3n) is 3.51. The number of nitrogens with one attached hydrogen (secondary N) is 1. The van der Waals surface area contributed by atoms with Crippen molar-refractivity contribution in [3.63, 3.8) is 0 Å². The van der Waals surface area contributed by atoms with E-state index in [1.54, 1.807) is 6.26 Å². The summed E-state index contributed by atoms with van der Waals surface area (Å²) in [6.45, 7) is 5.22. The fourth-order valence-corrected chi connectivity index (χ4v) is 2.58. The van der Waals surface area contributed by atoms with E-state index in [0.717, 1.165) is 31.8 Å². The van der Waals surface area contributed by atoms with Crippen molar-refractivity contribution >= 4 is 0 Å². The van der Waals surface area contributed by atoms with Gasteiger partial charge in [0.2, 0.25) is 0 Å². The Labute approximate surface area is 110 Å². The molecule has 1 fully saturated rings. The van der Waals surface area contributed by atoms with Crippen LogP contribution in [0.1, 0.15) is 25.5 Å². The fourth-order valence-electron chi connectivity index (χ4n) is 2.58. The van der Waals surface area contributed by atoms with Crippen LogP contribution in [0.5, 0.6) is 0 Å². The molecule has 0 saturated carbocycles. The highest BCUT2D eigenvalue weighted by Crippen LogP contribution is 2.12. The summed E-state index contributed by atoms with van der Waals surface area (Å²) in [6.07, 6.45) is 10.4. The number of likely N-dealkylation sites (tertiary alicyclic amines) is 1.